The van der Waals surface area contributed by atoms with Gasteiger partial charge in [-0.1, -0.05) is 6.07 Å². The highest BCUT2D eigenvalue weighted by Gasteiger charge is 2.25. The van der Waals surface area contributed by atoms with E-state index < -0.39 is 0 Å². The van der Waals surface area contributed by atoms with Gasteiger partial charge in [-0.05, 0) is 61.8 Å². The summed E-state index contributed by atoms with van der Waals surface area (Å²) in [5, 5.41) is 0. The number of hydrogen-bond acceptors (Lipinski definition) is 3. The molecule has 1 heterocycles. The van der Waals surface area contributed by atoms with Gasteiger partial charge in [-0.3, -0.25) is 0 Å². The molecule has 0 saturated carbocycles. The van der Waals surface area contributed by atoms with Crippen molar-refractivity contribution in [2.75, 3.05) is 13.7 Å². The fourth-order valence-electron chi connectivity index (χ4n) is 3.00. The molecule has 1 saturated heterocycles. The van der Waals surface area contributed by atoms with Crippen molar-refractivity contribution in [3.8, 4) is 5.75 Å². The van der Waals surface area contributed by atoms with E-state index in [-0.39, 0.29) is 12.4 Å². The normalized spacial score (nSPS) is 26.8. The molecule has 0 radical (unpaired) electrons. The molecule has 0 aromatic heterocycles. The molecular weight excluding hydrogens is 240 g/mol. The quantitative estimate of drug-likeness (QED) is 0.832. The zero-order valence-electron chi connectivity index (χ0n) is 11.6. The van der Waals surface area contributed by atoms with Gasteiger partial charge in [-0.25, -0.2) is 0 Å². The van der Waals surface area contributed by atoms with Crippen LogP contribution in [0, 0.1) is 0 Å². The third kappa shape index (κ3) is 2.93. The predicted molar refractivity (Wildman–Crippen MR) is 73.3 cm³/mol. The van der Waals surface area contributed by atoms with E-state index in [0.29, 0.717) is 0 Å². The van der Waals surface area contributed by atoms with Gasteiger partial charge in [-0.2, -0.15) is 0 Å². The van der Waals surface area contributed by atoms with Crippen molar-refractivity contribution in [2.24, 2.45) is 0 Å². The second kappa shape index (κ2) is 5.93. The predicted octanol–water partition coefficient (Wildman–Crippen LogP) is 3.62. The van der Waals surface area contributed by atoms with Crippen LogP contribution in [-0.2, 0) is 15.9 Å². The van der Waals surface area contributed by atoms with E-state index in [9.17, 15) is 0 Å². The van der Waals surface area contributed by atoms with Crippen molar-refractivity contribution >= 4 is 0 Å². The minimum absolute atomic E-state index is 0.0177. The van der Waals surface area contributed by atoms with Gasteiger partial charge in [0.05, 0.1) is 13.2 Å². The second-order valence-electron chi connectivity index (χ2n) is 5.38. The summed E-state index contributed by atoms with van der Waals surface area (Å²) in [5.41, 5.74) is 2.69. The van der Waals surface area contributed by atoms with Crippen LogP contribution in [0.2, 0.25) is 0 Å². The molecule has 1 aliphatic heterocycles. The molecule has 19 heavy (non-hydrogen) atoms. The standard InChI is InChI=1S/C16H22O3/c1-17-13-9-8-12-5-4-6-15(14(12)11-13)19-16-7-2-3-10-18-16/h8-9,11,15-16H,2-7,10H2,1H3. The largest absolute Gasteiger partial charge is 0.497 e. The minimum atomic E-state index is -0.0177. The SMILES string of the molecule is COc1ccc2c(c1)C(OC1CCCCO1)CCC2. The monoisotopic (exact) mass is 262 g/mol. The van der Waals surface area contributed by atoms with Crippen LogP contribution in [0.3, 0.4) is 0 Å². The molecule has 0 N–H and O–H groups in total. The molecule has 2 unspecified atom stereocenters. The summed E-state index contributed by atoms with van der Waals surface area (Å²) in [4.78, 5) is 0. The Morgan fingerprint density at radius 1 is 1.16 bits per heavy atom. The molecule has 0 spiro atoms. The lowest BCUT2D eigenvalue weighted by Crippen LogP contribution is -2.26. The average molecular weight is 262 g/mol. The van der Waals surface area contributed by atoms with Crippen molar-refractivity contribution in [3.05, 3.63) is 29.3 Å². The maximum Gasteiger partial charge on any atom is 0.158 e. The number of hydrogen-bond donors (Lipinski definition) is 0. The summed E-state index contributed by atoms with van der Waals surface area (Å²) < 4.78 is 17.2. The van der Waals surface area contributed by atoms with Gasteiger partial charge in [0.1, 0.15) is 5.75 Å². The molecule has 1 aromatic carbocycles. The number of aryl methyl sites for hydroxylation is 1. The lowest BCUT2D eigenvalue weighted by molar-refractivity contribution is -0.192. The Kier molecular flexibility index (Phi) is 4.04. The topological polar surface area (TPSA) is 27.7 Å². The van der Waals surface area contributed by atoms with Crippen LogP contribution >= 0.6 is 0 Å². The van der Waals surface area contributed by atoms with Crippen LogP contribution < -0.4 is 4.74 Å². The summed E-state index contributed by atoms with van der Waals surface area (Å²) in [6, 6.07) is 6.34. The first-order valence-corrected chi connectivity index (χ1v) is 7.30. The lowest BCUT2D eigenvalue weighted by Gasteiger charge is -2.31. The van der Waals surface area contributed by atoms with Crippen molar-refractivity contribution in [1.82, 2.24) is 0 Å². The van der Waals surface area contributed by atoms with Crippen LogP contribution in [0.5, 0.6) is 5.75 Å². The first-order chi connectivity index (χ1) is 9.36. The Bertz CT molecular complexity index is 424. The minimum Gasteiger partial charge on any atom is -0.497 e. The third-order valence-electron chi connectivity index (χ3n) is 4.07. The summed E-state index contributed by atoms with van der Waals surface area (Å²) in [7, 11) is 1.71. The zero-order chi connectivity index (χ0) is 13.1. The highest BCUT2D eigenvalue weighted by Crippen LogP contribution is 2.36. The number of methoxy groups -OCH3 is 1. The van der Waals surface area contributed by atoms with Crippen LogP contribution in [0.1, 0.15) is 49.3 Å². The maximum absolute atomic E-state index is 6.18. The summed E-state index contributed by atoms with van der Waals surface area (Å²) >= 11 is 0. The van der Waals surface area contributed by atoms with Crippen LogP contribution in [0.4, 0.5) is 0 Å². The van der Waals surface area contributed by atoms with Gasteiger partial charge < -0.3 is 14.2 Å². The summed E-state index contributed by atoms with van der Waals surface area (Å²) in [6.45, 7) is 0.836. The van der Waals surface area contributed by atoms with Crippen molar-refractivity contribution in [2.45, 2.75) is 50.9 Å². The second-order valence-corrected chi connectivity index (χ2v) is 5.38. The van der Waals surface area contributed by atoms with Gasteiger partial charge in [-0.15, -0.1) is 0 Å². The molecule has 0 amide bonds. The van der Waals surface area contributed by atoms with E-state index in [1.165, 1.54) is 24.0 Å². The first kappa shape index (κ1) is 12.9. The molecular formula is C16H22O3. The van der Waals surface area contributed by atoms with Gasteiger partial charge in [0.25, 0.3) is 0 Å². The number of fused-ring (bicyclic) bond motifs is 1. The number of rotatable bonds is 3. The molecule has 1 aliphatic carbocycles. The van der Waals surface area contributed by atoms with Crippen molar-refractivity contribution in [3.63, 3.8) is 0 Å². The molecule has 3 rings (SSSR count). The summed E-state index contributed by atoms with van der Waals surface area (Å²) in [5.74, 6) is 0.916. The van der Waals surface area contributed by atoms with Crippen LogP contribution in [-0.4, -0.2) is 20.0 Å². The van der Waals surface area contributed by atoms with Crippen molar-refractivity contribution in [1.29, 1.82) is 0 Å². The zero-order valence-corrected chi connectivity index (χ0v) is 11.6. The molecule has 0 bridgehead atoms. The molecule has 3 heteroatoms. The van der Waals surface area contributed by atoms with E-state index >= 15 is 0 Å². The molecule has 1 aromatic rings. The highest BCUT2D eigenvalue weighted by molar-refractivity contribution is 5.38. The van der Waals surface area contributed by atoms with E-state index in [1.807, 2.05) is 6.07 Å². The Hall–Kier alpha value is -1.06. The van der Waals surface area contributed by atoms with Crippen LogP contribution in [0.15, 0.2) is 18.2 Å². The Morgan fingerprint density at radius 2 is 2.11 bits per heavy atom. The smallest absolute Gasteiger partial charge is 0.158 e. The van der Waals surface area contributed by atoms with Gasteiger partial charge in [0.15, 0.2) is 6.29 Å². The van der Waals surface area contributed by atoms with E-state index in [4.69, 9.17) is 14.2 Å². The van der Waals surface area contributed by atoms with Gasteiger partial charge in [0.2, 0.25) is 0 Å². The molecule has 2 aliphatic rings. The van der Waals surface area contributed by atoms with Crippen LogP contribution in [0.25, 0.3) is 0 Å². The fourth-order valence-corrected chi connectivity index (χ4v) is 3.00. The maximum atomic E-state index is 6.18. The Labute approximate surface area is 114 Å². The van der Waals surface area contributed by atoms with E-state index in [2.05, 4.69) is 12.1 Å². The molecule has 104 valence electrons. The van der Waals surface area contributed by atoms with Gasteiger partial charge >= 0.3 is 0 Å². The first-order valence-electron chi connectivity index (χ1n) is 7.30. The lowest BCUT2D eigenvalue weighted by atomic mass is 9.89. The molecule has 1 fully saturated rings. The van der Waals surface area contributed by atoms with Crippen molar-refractivity contribution < 1.29 is 14.2 Å². The van der Waals surface area contributed by atoms with Gasteiger partial charge in [0, 0.05) is 6.61 Å². The number of benzene rings is 1. The Morgan fingerprint density at radius 3 is 2.89 bits per heavy atom. The Balaban J connectivity index is 1.76. The fraction of sp³-hybridized carbons (Fsp3) is 0.625. The average Bonchev–Trinajstić information content (AvgIpc) is 2.48. The third-order valence-corrected chi connectivity index (χ3v) is 4.07. The van der Waals surface area contributed by atoms with E-state index in [0.717, 1.165) is 38.0 Å². The molecule has 3 nitrogen and oxygen atoms in total. The molecule has 2 atom stereocenters. The van der Waals surface area contributed by atoms with E-state index in [1.54, 1.807) is 7.11 Å². The highest BCUT2D eigenvalue weighted by atomic mass is 16.7. The summed E-state index contributed by atoms with van der Waals surface area (Å²) in [6.07, 6.45) is 6.96. The number of ether oxygens (including phenoxy) is 3.